The van der Waals surface area contributed by atoms with Gasteiger partial charge >= 0.3 is 11.9 Å². The number of anilines is 2. The molecule has 3 aromatic rings. The van der Waals surface area contributed by atoms with Gasteiger partial charge in [0.05, 0.1) is 11.9 Å². The van der Waals surface area contributed by atoms with E-state index in [0.717, 1.165) is 5.56 Å². The Morgan fingerprint density at radius 1 is 1.09 bits per heavy atom. The fraction of sp³-hybridized carbons (Fsp3) is 0.261. The smallest absolute Gasteiger partial charge is 0.342 e. The molecule has 1 N–H and O–H groups in total. The number of pyridine rings is 1. The normalized spacial score (nSPS) is 10.5. The maximum Gasteiger partial charge on any atom is 0.342 e. The van der Waals surface area contributed by atoms with E-state index in [4.69, 9.17) is 9.47 Å². The topological polar surface area (TPSA) is 112 Å². The molecule has 0 bridgehead atoms. The van der Waals surface area contributed by atoms with E-state index in [9.17, 15) is 14.4 Å². The number of nitrogens with one attached hydrogen (secondary N) is 1. The van der Waals surface area contributed by atoms with Crippen molar-refractivity contribution < 1.29 is 19.1 Å². The molecule has 9 nitrogen and oxygen atoms in total. The molecule has 166 valence electrons. The first kappa shape index (κ1) is 22.7. The molecular formula is C23H24N4O5. The van der Waals surface area contributed by atoms with Crippen LogP contribution in [0, 0.1) is 6.92 Å². The zero-order valence-electron chi connectivity index (χ0n) is 18.1. The summed E-state index contributed by atoms with van der Waals surface area (Å²) in [7, 11) is 0. The van der Waals surface area contributed by atoms with Gasteiger partial charge in [-0.05, 0) is 25.5 Å². The lowest BCUT2D eigenvalue weighted by Crippen LogP contribution is -2.29. The highest BCUT2D eigenvalue weighted by Crippen LogP contribution is 2.28. The summed E-state index contributed by atoms with van der Waals surface area (Å²) in [6.45, 7) is 4.97. The summed E-state index contributed by atoms with van der Waals surface area (Å²) >= 11 is 0. The molecule has 2 aromatic heterocycles. The second-order valence-electron chi connectivity index (χ2n) is 6.88. The largest absolute Gasteiger partial charge is 0.462 e. The number of hydrogen-bond donors (Lipinski definition) is 1. The van der Waals surface area contributed by atoms with Gasteiger partial charge < -0.3 is 14.8 Å². The third-order valence-corrected chi connectivity index (χ3v) is 4.63. The van der Waals surface area contributed by atoms with Crippen LogP contribution in [0.5, 0.6) is 0 Å². The van der Waals surface area contributed by atoms with Crippen molar-refractivity contribution in [2.24, 2.45) is 0 Å². The first-order valence-corrected chi connectivity index (χ1v) is 10.1. The Hall–Kier alpha value is -4.01. The average molecular weight is 436 g/mol. The molecule has 9 heteroatoms. The van der Waals surface area contributed by atoms with Crippen LogP contribution in [-0.2, 0) is 20.8 Å². The number of esters is 2. The summed E-state index contributed by atoms with van der Waals surface area (Å²) in [5, 5.41) is 7.49. The van der Waals surface area contributed by atoms with E-state index >= 15 is 0 Å². The van der Waals surface area contributed by atoms with Crippen molar-refractivity contribution in [3.05, 3.63) is 70.3 Å². The summed E-state index contributed by atoms with van der Waals surface area (Å²) in [5.74, 6) is -1.24. The lowest BCUT2D eigenvalue weighted by atomic mass is 10.0. The predicted molar refractivity (Wildman–Crippen MR) is 119 cm³/mol. The van der Waals surface area contributed by atoms with Gasteiger partial charge in [0.15, 0.2) is 0 Å². The molecule has 0 saturated carbocycles. The molecular weight excluding hydrogens is 412 g/mol. The Bertz CT molecular complexity index is 1170. The zero-order chi connectivity index (χ0) is 23.1. The van der Waals surface area contributed by atoms with Gasteiger partial charge in [-0.25, -0.2) is 9.48 Å². The Balaban J connectivity index is 2.14. The minimum atomic E-state index is -0.757. The van der Waals surface area contributed by atoms with Crippen molar-refractivity contribution >= 4 is 23.3 Å². The fourth-order valence-electron chi connectivity index (χ4n) is 3.02. The van der Waals surface area contributed by atoms with Crippen LogP contribution in [0.2, 0.25) is 0 Å². The van der Waals surface area contributed by atoms with Crippen molar-refractivity contribution in [1.82, 2.24) is 14.8 Å². The van der Waals surface area contributed by atoms with Gasteiger partial charge in [0.25, 0.3) is 5.56 Å². The molecule has 1 aromatic carbocycles. The van der Waals surface area contributed by atoms with Crippen molar-refractivity contribution in [2.75, 3.05) is 18.5 Å². The summed E-state index contributed by atoms with van der Waals surface area (Å²) in [5.41, 5.74) is 1.93. The monoisotopic (exact) mass is 436 g/mol. The minimum absolute atomic E-state index is 0.00280. The molecule has 0 radical (unpaired) electrons. The summed E-state index contributed by atoms with van der Waals surface area (Å²) < 4.78 is 11.4. The maximum absolute atomic E-state index is 13.2. The third-order valence-electron chi connectivity index (χ3n) is 4.63. The highest BCUT2D eigenvalue weighted by Gasteiger charge is 2.26. The van der Waals surface area contributed by atoms with E-state index in [0.29, 0.717) is 23.5 Å². The van der Waals surface area contributed by atoms with Crippen molar-refractivity contribution in [3.63, 3.8) is 0 Å². The Morgan fingerprint density at radius 3 is 2.47 bits per heavy atom. The van der Waals surface area contributed by atoms with Crippen molar-refractivity contribution in [1.29, 1.82) is 0 Å². The van der Waals surface area contributed by atoms with E-state index in [-0.39, 0.29) is 24.5 Å². The average Bonchev–Trinajstić information content (AvgIpc) is 2.79. The predicted octanol–water partition coefficient (Wildman–Crippen LogP) is 3.10. The van der Waals surface area contributed by atoms with E-state index in [1.807, 2.05) is 25.1 Å². The number of carbonyl (C=O) groups excluding carboxylic acids is 2. The van der Waals surface area contributed by atoms with Crippen molar-refractivity contribution in [3.8, 4) is 11.3 Å². The van der Waals surface area contributed by atoms with Gasteiger partial charge in [0.2, 0.25) is 0 Å². The second kappa shape index (κ2) is 10.3. The number of aromatic nitrogens is 3. The molecule has 0 amide bonds. The molecule has 0 aliphatic rings. The number of nitrogens with zero attached hydrogens (tertiary/aromatic N) is 3. The standard InChI is InChI=1S/C23H24N4O5/c1-4-27-22(29)21(25-18-14-24-11-10-15(18)2)19(23(30)32-13-12-31-16(3)28)20(26-27)17-8-6-5-7-9-17/h5-11,14,25H,4,12-13H2,1-3H3. The highest BCUT2D eigenvalue weighted by molar-refractivity contribution is 6.02. The van der Waals surface area contributed by atoms with Gasteiger partial charge in [-0.3, -0.25) is 14.6 Å². The first-order chi connectivity index (χ1) is 15.4. The fourth-order valence-corrected chi connectivity index (χ4v) is 3.02. The van der Waals surface area contributed by atoms with E-state index in [1.54, 1.807) is 37.5 Å². The molecule has 0 atom stereocenters. The number of ether oxygens (including phenoxy) is 2. The van der Waals surface area contributed by atoms with Gasteiger partial charge in [0, 0.05) is 25.2 Å². The van der Waals surface area contributed by atoms with Gasteiger partial charge in [-0.2, -0.15) is 5.10 Å². The molecule has 0 aliphatic carbocycles. The Labute approximate surface area is 185 Å². The highest BCUT2D eigenvalue weighted by atomic mass is 16.6. The molecule has 0 aliphatic heterocycles. The van der Waals surface area contributed by atoms with Crippen LogP contribution in [-0.4, -0.2) is 39.9 Å². The van der Waals surface area contributed by atoms with Crippen LogP contribution in [0.25, 0.3) is 11.3 Å². The van der Waals surface area contributed by atoms with E-state index < -0.39 is 17.5 Å². The number of aryl methyl sites for hydroxylation is 2. The minimum Gasteiger partial charge on any atom is -0.462 e. The molecule has 0 fully saturated rings. The quantitative estimate of drug-likeness (QED) is 0.423. The van der Waals surface area contributed by atoms with Crippen LogP contribution in [0.15, 0.2) is 53.6 Å². The lowest BCUT2D eigenvalue weighted by Gasteiger charge is -2.17. The third kappa shape index (κ3) is 5.18. The van der Waals surface area contributed by atoms with Crippen LogP contribution in [0.3, 0.4) is 0 Å². The van der Waals surface area contributed by atoms with Crippen LogP contribution >= 0.6 is 0 Å². The molecule has 2 heterocycles. The van der Waals surface area contributed by atoms with Crippen LogP contribution in [0.1, 0.15) is 29.8 Å². The van der Waals surface area contributed by atoms with E-state index in [1.165, 1.54) is 11.6 Å². The summed E-state index contributed by atoms with van der Waals surface area (Å²) in [6.07, 6.45) is 3.21. The summed E-state index contributed by atoms with van der Waals surface area (Å²) in [4.78, 5) is 41.4. The molecule has 3 rings (SSSR count). The second-order valence-corrected chi connectivity index (χ2v) is 6.88. The number of hydrogen-bond acceptors (Lipinski definition) is 8. The van der Waals surface area contributed by atoms with Crippen LogP contribution in [0.4, 0.5) is 11.4 Å². The number of carbonyl (C=O) groups is 2. The SMILES string of the molecule is CCn1nc(-c2ccccc2)c(C(=O)OCCOC(C)=O)c(Nc2cnccc2C)c1=O. The van der Waals surface area contributed by atoms with Gasteiger partial charge in [0.1, 0.15) is 30.2 Å². The maximum atomic E-state index is 13.2. The number of rotatable bonds is 8. The molecule has 32 heavy (non-hydrogen) atoms. The first-order valence-electron chi connectivity index (χ1n) is 10.1. The van der Waals surface area contributed by atoms with Crippen LogP contribution < -0.4 is 10.9 Å². The zero-order valence-corrected chi connectivity index (χ0v) is 18.1. The van der Waals surface area contributed by atoms with Gasteiger partial charge in [-0.1, -0.05) is 30.3 Å². The van der Waals surface area contributed by atoms with Gasteiger partial charge in [-0.15, -0.1) is 0 Å². The molecule has 0 spiro atoms. The lowest BCUT2D eigenvalue weighted by molar-refractivity contribution is -0.142. The Morgan fingerprint density at radius 2 is 1.81 bits per heavy atom. The van der Waals surface area contributed by atoms with E-state index in [2.05, 4.69) is 15.4 Å². The molecule has 0 unspecified atom stereocenters. The van der Waals surface area contributed by atoms with Crippen molar-refractivity contribution in [2.45, 2.75) is 27.3 Å². The Kier molecular flexibility index (Phi) is 7.33. The number of benzene rings is 1. The molecule has 0 saturated heterocycles. The summed E-state index contributed by atoms with van der Waals surface area (Å²) in [6, 6.07) is 10.8.